The zero-order valence-electron chi connectivity index (χ0n) is 9.51. The van der Waals surface area contributed by atoms with Gasteiger partial charge in [0, 0.05) is 13.2 Å². The minimum atomic E-state index is 0.189. The molecule has 1 aromatic rings. The Morgan fingerprint density at radius 3 is 2.75 bits per heavy atom. The zero-order valence-corrected chi connectivity index (χ0v) is 9.51. The van der Waals surface area contributed by atoms with Gasteiger partial charge in [0.05, 0.1) is 12.3 Å². The van der Waals surface area contributed by atoms with Gasteiger partial charge in [0.15, 0.2) is 0 Å². The lowest BCUT2D eigenvalue weighted by Gasteiger charge is -2.35. The normalized spacial score (nSPS) is 21.1. The molecule has 1 aromatic heterocycles. The van der Waals surface area contributed by atoms with Gasteiger partial charge in [-0.2, -0.15) is 0 Å². The molecule has 0 saturated carbocycles. The Hall–Kier alpha value is -0.840. The van der Waals surface area contributed by atoms with Gasteiger partial charge in [0.25, 0.3) is 0 Å². The lowest BCUT2D eigenvalue weighted by atomic mass is 9.96. The van der Waals surface area contributed by atoms with E-state index in [-0.39, 0.29) is 6.04 Å². The molecule has 90 valence electrons. The van der Waals surface area contributed by atoms with Crippen molar-refractivity contribution in [2.24, 2.45) is 11.7 Å². The number of nitrogens with zero attached hydrogens (tertiary/aromatic N) is 1. The first-order chi connectivity index (χ1) is 7.85. The molecule has 4 heteroatoms. The first-order valence-corrected chi connectivity index (χ1v) is 5.93. The molecule has 2 rings (SSSR count). The highest BCUT2D eigenvalue weighted by Gasteiger charge is 2.26. The predicted octanol–water partition coefficient (Wildman–Crippen LogP) is 0.984. The van der Waals surface area contributed by atoms with Gasteiger partial charge in [-0.25, -0.2) is 0 Å². The Balaban J connectivity index is 1.96. The summed E-state index contributed by atoms with van der Waals surface area (Å²) in [6.45, 7) is 2.88. The summed E-state index contributed by atoms with van der Waals surface area (Å²) < 4.78 is 5.42. The molecule has 4 nitrogen and oxygen atoms in total. The molecule has 0 bridgehead atoms. The average molecular weight is 224 g/mol. The summed E-state index contributed by atoms with van der Waals surface area (Å²) in [7, 11) is 0. The number of likely N-dealkylation sites (tertiary alicyclic amines) is 1. The molecule has 2 heterocycles. The topological polar surface area (TPSA) is 62.6 Å². The van der Waals surface area contributed by atoms with Gasteiger partial charge in [-0.3, -0.25) is 4.90 Å². The van der Waals surface area contributed by atoms with E-state index in [4.69, 9.17) is 15.3 Å². The van der Waals surface area contributed by atoms with Gasteiger partial charge < -0.3 is 15.3 Å². The minimum absolute atomic E-state index is 0.189. The third-order valence-electron chi connectivity index (χ3n) is 3.44. The first-order valence-electron chi connectivity index (χ1n) is 5.93. The van der Waals surface area contributed by atoms with E-state index >= 15 is 0 Å². The number of hydrogen-bond acceptors (Lipinski definition) is 4. The van der Waals surface area contributed by atoms with Crippen LogP contribution in [-0.4, -0.2) is 36.2 Å². The average Bonchev–Trinajstić information content (AvgIpc) is 2.85. The van der Waals surface area contributed by atoms with Crippen LogP contribution in [0.15, 0.2) is 22.8 Å². The molecule has 1 fully saturated rings. The van der Waals surface area contributed by atoms with E-state index < -0.39 is 0 Å². The monoisotopic (exact) mass is 224 g/mol. The molecule has 1 aliphatic rings. The van der Waals surface area contributed by atoms with E-state index in [1.165, 1.54) is 0 Å². The summed E-state index contributed by atoms with van der Waals surface area (Å²) in [6, 6.07) is 4.07. The van der Waals surface area contributed by atoms with Crippen LogP contribution in [0, 0.1) is 5.92 Å². The lowest BCUT2D eigenvalue weighted by molar-refractivity contribution is 0.0941. The SMILES string of the molecule is NCC(c1ccco1)N1CCC(CO)CC1. The molecule has 0 aliphatic carbocycles. The van der Waals surface area contributed by atoms with Crippen molar-refractivity contribution in [2.45, 2.75) is 18.9 Å². The van der Waals surface area contributed by atoms with Crippen LogP contribution in [0.5, 0.6) is 0 Å². The summed E-state index contributed by atoms with van der Waals surface area (Å²) in [4.78, 5) is 2.35. The van der Waals surface area contributed by atoms with E-state index in [1.807, 2.05) is 12.1 Å². The van der Waals surface area contributed by atoms with Crippen molar-refractivity contribution < 1.29 is 9.52 Å². The summed E-state index contributed by atoms with van der Waals surface area (Å²) in [5.41, 5.74) is 5.81. The van der Waals surface area contributed by atoms with Crippen LogP contribution in [0.1, 0.15) is 24.6 Å². The summed E-state index contributed by atoms with van der Waals surface area (Å²) in [5, 5.41) is 9.10. The summed E-state index contributed by atoms with van der Waals surface area (Å²) >= 11 is 0. The maximum Gasteiger partial charge on any atom is 0.122 e. The van der Waals surface area contributed by atoms with Crippen molar-refractivity contribution in [1.82, 2.24) is 4.90 Å². The van der Waals surface area contributed by atoms with Crippen molar-refractivity contribution in [1.29, 1.82) is 0 Å². The molecule has 0 aromatic carbocycles. The molecule has 0 spiro atoms. The number of aliphatic hydroxyl groups excluding tert-OH is 1. The largest absolute Gasteiger partial charge is 0.468 e. The standard InChI is InChI=1S/C12H20N2O2/c13-8-11(12-2-1-7-16-12)14-5-3-10(9-15)4-6-14/h1-2,7,10-11,15H,3-6,8-9,13H2. The first kappa shape index (κ1) is 11.6. The predicted molar refractivity (Wildman–Crippen MR) is 61.9 cm³/mol. The fraction of sp³-hybridized carbons (Fsp3) is 0.667. The van der Waals surface area contributed by atoms with E-state index in [0.29, 0.717) is 19.1 Å². The molecule has 16 heavy (non-hydrogen) atoms. The van der Waals surface area contributed by atoms with E-state index in [0.717, 1.165) is 31.7 Å². The fourth-order valence-corrected chi connectivity index (χ4v) is 2.37. The molecule has 1 aliphatic heterocycles. The third-order valence-corrected chi connectivity index (χ3v) is 3.44. The van der Waals surface area contributed by atoms with Crippen LogP contribution < -0.4 is 5.73 Å². The van der Waals surface area contributed by atoms with Gasteiger partial charge in [0.2, 0.25) is 0 Å². The maximum absolute atomic E-state index is 9.10. The second-order valence-electron chi connectivity index (χ2n) is 4.43. The number of nitrogens with two attached hydrogens (primary N) is 1. The highest BCUT2D eigenvalue weighted by molar-refractivity contribution is 5.05. The Morgan fingerprint density at radius 1 is 1.50 bits per heavy atom. The molecule has 1 unspecified atom stereocenters. The number of rotatable bonds is 4. The van der Waals surface area contributed by atoms with Gasteiger partial charge in [-0.15, -0.1) is 0 Å². The Morgan fingerprint density at radius 2 is 2.25 bits per heavy atom. The van der Waals surface area contributed by atoms with Gasteiger partial charge >= 0.3 is 0 Å². The second kappa shape index (κ2) is 5.48. The van der Waals surface area contributed by atoms with Crippen LogP contribution in [0.2, 0.25) is 0 Å². The Labute approximate surface area is 96.0 Å². The van der Waals surface area contributed by atoms with Crippen LogP contribution in [0.4, 0.5) is 0 Å². The molecule has 1 atom stereocenters. The molecule has 0 radical (unpaired) electrons. The van der Waals surface area contributed by atoms with Crippen molar-refractivity contribution in [3.63, 3.8) is 0 Å². The molecular weight excluding hydrogens is 204 g/mol. The van der Waals surface area contributed by atoms with Crippen LogP contribution >= 0.6 is 0 Å². The second-order valence-corrected chi connectivity index (χ2v) is 4.43. The highest BCUT2D eigenvalue weighted by atomic mass is 16.3. The third kappa shape index (κ3) is 2.45. The Kier molecular flexibility index (Phi) is 3.98. The smallest absolute Gasteiger partial charge is 0.122 e. The van der Waals surface area contributed by atoms with Crippen molar-refractivity contribution in [3.8, 4) is 0 Å². The molecular formula is C12H20N2O2. The van der Waals surface area contributed by atoms with Gasteiger partial charge in [-0.05, 0) is 44.0 Å². The Bertz CT molecular complexity index is 292. The molecule has 1 saturated heterocycles. The van der Waals surface area contributed by atoms with Crippen LogP contribution in [-0.2, 0) is 0 Å². The van der Waals surface area contributed by atoms with E-state index in [1.54, 1.807) is 6.26 Å². The van der Waals surface area contributed by atoms with Crippen molar-refractivity contribution in [2.75, 3.05) is 26.2 Å². The number of furan rings is 1. The van der Waals surface area contributed by atoms with E-state index in [9.17, 15) is 0 Å². The molecule has 3 N–H and O–H groups in total. The quantitative estimate of drug-likeness (QED) is 0.800. The van der Waals surface area contributed by atoms with Crippen molar-refractivity contribution >= 4 is 0 Å². The number of piperidine rings is 1. The zero-order chi connectivity index (χ0) is 11.4. The fourth-order valence-electron chi connectivity index (χ4n) is 2.37. The minimum Gasteiger partial charge on any atom is -0.468 e. The van der Waals surface area contributed by atoms with Crippen molar-refractivity contribution in [3.05, 3.63) is 24.2 Å². The van der Waals surface area contributed by atoms with Gasteiger partial charge in [-0.1, -0.05) is 0 Å². The number of aliphatic hydroxyl groups is 1. The van der Waals surface area contributed by atoms with Crippen LogP contribution in [0.25, 0.3) is 0 Å². The van der Waals surface area contributed by atoms with Crippen LogP contribution in [0.3, 0.4) is 0 Å². The lowest BCUT2D eigenvalue weighted by Crippen LogP contribution is -2.40. The summed E-state index contributed by atoms with van der Waals surface area (Å²) in [5.74, 6) is 1.41. The number of hydrogen-bond donors (Lipinski definition) is 2. The maximum atomic E-state index is 9.10. The highest BCUT2D eigenvalue weighted by Crippen LogP contribution is 2.26. The van der Waals surface area contributed by atoms with E-state index in [2.05, 4.69) is 4.90 Å². The van der Waals surface area contributed by atoms with Gasteiger partial charge in [0.1, 0.15) is 5.76 Å². The molecule has 0 amide bonds. The summed E-state index contributed by atoms with van der Waals surface area (Å²) in [6.07, 6.45) is 3.79.